The van der Waals surface area contributed by atoms with Crippen molar-refractivity contribution in [3.8, 4) is 0 Å². The minimum absolute atomic E-state index is 0.963. The van der Waals surface area contributed by atoms with Crippen LogP contribution in [0, 0.1) is 23.2 Å². The number of hydrogen-bond donors (Lipinski definition) is 0. The number of rotatable bonds is 0. The van der Waals surface area contributed by atoms with Gasteiger partial charge in [0, 0.05) is 0 Å². The van der Waals surface area contributed by atoms with Crippen molar-refractivity contribution in [1.82, 2.24) is 0 Å². The van der Waals surface area contributed by atoms with Gasteiger partial charge >= 0.3 is 0 Å². The van der Waals surface area contributed by atoms with Crippen molar-refractivity contribution in [2.45, 2.75) is 26.2 Å². The predicted octanol–water partition coefficient (Wildman–Crippen LogP) is 2.05. The van der Waals surface area contributed by atoms with Gasteiger partial charge in [0.1, 0.15) is 0 Å². The molecule has 4 aliphatic rings. The summed E-state index contributed by atoms with van der Waals surface area (Å²) in [7, 11) is 0. The first-order valence-electron chi connectivity index (χ1n) is 3.84. The van der Waals surface area contributed by atoms with Crippen LogP contribution in [0.4, 0.5) is 0 Å². The van der Waals surface area contributed by atoms with E-state index in [1.807, 2.05) is 0 Å². The largest absolute Gasteiger partial charge is 0.0617 e. The molecule has 8 heavy (non-hydrogen) atoms. The third-order valence-corrected chi connectivity index (χ3v) is 4.13. The molecule has 0 amide bonds. The van der Waals surface area contributed by atoms with Gasteiger partial charge in [0.2, 0.25) is 0 Å². The highest BCUT2D eigenvalue weighted by Crippen LogP contribution is 2.82. The van der Waals surface area contributed by atoms with Gasteiger partial charge in [-0.25, -0.2) is 0 Å². The normalized spacial score (nSPS) is 73.9. The Bertz CT molecular complexity index is 144. The van der Waals surface area contributed by atoms with Crippen molar-refractivity contribution in [2.24, 2.45) is 23.2 Å². The lowest BCUT2D eigenvalue weighted by molar-refractivity contribution is 0.287. The maximum atomic E-state index is 2.45. The first kappa shape index (κ1) is 3.92. The Balaban J connectivity index is 2.08. The Kier molecular flexibility index (Phi) is 0.381. The van der Waals surface area contributed by atoms with E-state index in [1.165, 1.54) is 11.8 Å². The minimum Gasteiger partial charge on any atom is -0.0617 e. The van der Waals surface area contributed by atoms with Gasteiger partial charge in [-0.1, -0.05) is 6.92 Å². The molecule has 0 saturated heterocycles. The van der Waals surface area contributed by atoms with Gasteiger partial charge in [-0.3, -0.25) is 0 Å². The van der Waals surface area contributed by atoms with Crippen molar-refractivity contribution in [1.29, 1.82) is 0 Å². The van der Waals surface area contributed by atoms with Crippen LogP contribution in [-0.2, 0) is 0 Å². The second-order valence-electron chi connectivity index (χ2n) is 4.05. The molecule has 0 N–H and O–H groups in total. The average Bonchev–Trinajstić information content (AvgIpc) is 2.05. The van der Waals surface area contributed by atoms with Gasteiger partial charge in [0.05, 0.1) is 0 Å². The molecule has 0 radical (unpaired) electrons. The lowest BCUT2D eigenvalue weighted by Gasteiger charge is -2.20. The van der Waals surface area contributed by atoms with Crippen LogP contribution in [0.2, 0.25) is 0 Å². The van der Waals surface area contributed by atoms with E-state index in [9.17, 15) is 0 Å². The van der Waals surface area contributed by atoms with Crippen molar-refractivity contribution >= 4 is 0 Å². The zero-order valence-electron chi connectivity index (χ0n) is 5.35. The third-order valence-electron chi connectivity index (χ3n) is 4.13. The minimum atomic E-state index is 0.963. The first-order valence-corrected chi connectivity index (χ1v) is 3.84. The van der Waals surface area contributed by atoms with Crippen LogP contribution in [0.1, 0.15) is 26.2 Å². The topological polar surface area (TPSA) is 0 Å². The second-order valence-corrected chi connectivity index (χ2v) is 4.05. The molecule has 44 valence electrons. The van der Waals surface area contributed by atoms with Crippen LogP contribution >= 0.6 is 0 Å². The maximum Gasteiger partial charge on any atom is -0.0232 e. The van der Waals surface area contributed by atoms with E-state index in [1.54, 1.807) is 19.3 Å². The molecule has 4 saturated carbocycles. The summed E-state index contributed by atoms with van der Waals surface area (Å²) in [6.45, 7) is 2.45. The SMILES string of the molecule is CC1C2C3CC[C@]12C3. The fourth-order valence-electron chi connectivity index (χ4n) is 3.62. The van der Waals surface area contributed by atoms with E-state index in [4.69, 9.17) is 0 Å². The van der Waals surface area contributed by atoms with Gasteiger partial charge in [-0.2, -0.15) is 0 Å². The van der Waals surface area contributed by atoms with Crippen LogP contribution in [-0.4, -0.2) is 0 Å². The molecule has 1 spiro atoms. The standard InChI is InChI=1S/C8H12/c1-5-7-6-2-3-8(5,7)4-6/h5-7H,2-4H2,1H3/t5?,6?,7?,8-/m0/s1. The zero-order valence-corrected chi connectivity index (χ0v) is 5.35. The fraction of sp³-hybridized carbons (Fsp3) is 1.00. The van der Waals surface area contributed by atoms with Gasteiger partial charge in [0.15, 0.2) is 0 Å². The average molecular weight is 108 g/mol. The van der Waals surface area contributed by atoms with Crippen LogP contribution in [0.25, 0.3) is 0 Å². The summed E-state index contributed by atoms with van der Waals surface area (Å²) in [5, 5.41) is 0. The van der Waals surface area contributed by atoms with Gasteiger partial charge in [-0.15, -0.1) is 0 Å². The lowest BCUT2D eigenvalue weighted by Crippen LogP contribution is -2.13. The molecule has 4 fully saturated rings. The first-order chi connectivity index (χ1) is 3.84. The monoisotopic (exact) mass is 108 g/mol. The molecule has 0 heterocycles. The van der Waals surface area contributed by atoms with E-state index >= 15 is 0 Å². The number of hydrogen-bond acceptors (Lipinski definition) is 0. The maximum absolute atomic E-state index is 2.45. The summed E-state index contributed by atoms with van der Waals surface area (Å²) in [6, 6.07) is 0. The summed E-state index contributed by atoms with van der Waals surface area (Å²) in [6.07, 6.45) is 4.78. The lowest BCUT2D eigenvalue weighted by atomic mass is 9.85. The molecule has 4 aliphatic carbocycles. The molecule has 3 unspecified atom stereocenters. The van der Waals surface area contributed by atoms with E-state index in [0.717, 1.165) is 11.3 Å². The van der Waals surface area contributed by atoms with E-state index in [0.29, 0.717) is 0 Å². The highest BCUT2D eigenvalue weighted by Gasteiger charge is 2.75. The predicted molar refractivity (Wildman–Crippen MR) is 32.4 cm³/mol. The summed E-state index contributed by atoms with van der Waals surface area (Å²) in [5.41, 5.74) is 0.963. The molecule has 0 aromatic rings. The molecule has 0 aromatic carbocycles. The molecule has 0 aliphatic heterocycles. The Hall–Kier alpha value is 0. The molecular weight excluding hydrogens is 96.1 g/mol. The quantitative estimate of drug-likeness (QED) is 0.445. The van der Waals surface area contributed by atoms with Gasteiger partial charge in [0.25, 0.3) is 0 Å². The smallest absolute Gasteiger partial charge is 0.0232 e. The van der Waals surface area contributed by atoms with Crippen LogP contribution in [0.3, 0.4) is 0 Å². The second kappa shape index (κ2) is 0.778. The Morgan fingerprint density at radius 1 is 1.50 bits per heavy atom. The molecular formula is C8H12. The number of fused-ring (bicyclic) bond motifs is 1. The Morgan fingerprint density at radius 3 is 2.62 bits per heavy atom. The molecule has 0 nitrogen and oxygen atoms in total. The van der Waals surface area contributed by atoms with E-state index < -0.39 is 0 Å². The molecule has 4 atom stereocenters. The summed E-state index contributed by atoms with van der Waals surface area (Å²) < 4.78 is 0. The van der Waals surface area contributed by atoms with Gasteiger partial charge < -0.3 is 0 Å². The van der Waals surface area contributed by atoms with Crippen molar-refractivity contribution in [3.63, 3.8) is 0 Å². The molecule has 0 aromatic heterocycles. The zero-order chi connectivity index (χ0) is 5.35. The summed E-state index contributed by atoms with van der Waals surface area (Å²) in [4.78, 5) is 0. The summed E-state index contributed by atoms with van der Waals surface area (Å²) >= 11 is 0. The molecule has 0 heteroatoms. The van der Waals surface area contributed by atoms with Crippen LogP contribution in [0.15, 0.2) is 0 Å². The Morgan fingerprint density at radius 2 is 2.38 bits per heavy atom. The van der Waals surface area contributed by atoms with Gasteiger partial charge in [-0.05, 0) is 42.4 Å². The third kappa shape index (κ3) is 0.178. The van der Waals surface area contributed by atoms with Crippen molar-refractivity contribution in [2.75, 3.05) is 0 Å². The fourth-order valence-corrected chi connectivity index (χ4v) is 3.62. The summed E-state index contributed by atoms with van der Waals surface area (Å²) in [5.74, 6) is 3.56. The van der Waals surface area contributed by atoms with E-state index in [2.05, 4.69) is 6.92 Å². The van der Waals surface area contributed by atoms with Crippen LogP contribution < -0.4 is 0 Å². The molecule has 4 rings (SSSR count). The van der Waals surface area contributed by atoms with Crippen LogP contribution in [0.5, 0.6) is 0 Å². The highest BCUT2D eigenvalue weighted by molar-refractivity contribution is 5.24. The van der Waals surface area contributed by atoms with Crippen molar-refractivity contribution < 1.29 is 0 Å². The molecule has 2 bridgehead atoms. The van der Waals surface area contributed by atoms with E-state index in [-0.39, 0.29) is 0 Å². The van der Waals surface area contributed by atoms with Crippen molar-refractivity contribution in [3.05, 3.63) is 0 Å². The Labute approximate surface area is 50.3 Å². The highest BCUT2D eigenvalue weighted by atomic mass is 14.8.